The average Bonchev–Trinajstić information content (AvgIpc) is 2.71. The van der Waals surface area contributed by atoms with Crippen LogP contribution in [-0.2, 0) is 4.79 Å². The fourth-order valence-electron chi connectivity index (χ4n) is 2.00. The number of phenols is 1. The normalized spacial score (nSPS) is 18.8. The van der Waals surface area contributed by atoms with Crippen LogP contribution in [0.3, 0.4) is 0 Å². The van der Waals surface area contributed by atoms with Crippen LogP contribution in [0.4, 0.5) is 5.69 Å². The number of azide groups is 1. The Kier molecular flexibility index (Phi) is 3.74. The number of amides is 1. The highest BCUT2D eigenvalue weighted by Gasteiger charge is 2.31. The first-order valence-electron chi connectivity index (χ1n) is 5.41. The number of carbonyl (C=O) groups excluding carboxylic acids is 1. The minimum atomic E-state index is -0.0680. The molecule has 1 amide bonds. The minimum Gasteiger partial charge on any atom is -0.506 e. The van der Waals surface area contributed by atoms with Gasteiger partial charge in [-0.1, -0.05) is 21.0 Å². The number of carbonyl (C=O) groups is 1. The van der Waals surface area contributed by atoms with E-state index in [0.29, 0.717) is 25.2 Å². The third-order valence-electron chi connectivity index (χ3n) is 2.84. The first-order valence-corrected chi connectivity index (χ1v) is 6.21. The van der Waals surface area contributed by atoms with E-state index in [1.165, 1.54) is 11.0 Å². The van der Waals surface area contributed by atoms with E-state index < -0.39 is 0 Å². The molecule has 2 rings (SSSR count). The van der Waals surface area contributed by atoms with Crippen LogP contribution in [-0.4, -0.2) is 24.1 Å². The Labute approximate surface area is 112 Å². The number of anilines is 1. The highest BCUT2D eigenvalue weighted by atomic mass is 79.9. The molecule has 18 heavy (non-hydrogen) atoms. The molecule has 1 unspecified atom stereocenters. The number of rotatable bonds is 3. The summed E-state index contributed by atoms with van der Waals surface area (Å²) in [4.78, 5) is 16.1. The predicted molar refractivity (Wildman–Crippen MR) is 70.3 cm³/mol. The number of aromatic hydroxyl groups is 1. The molecule has 0 aliphatic carbocycles. The van der Waals surface area contributed by atoms with Gasteiger partial charge in [0.2, 0.25) is 5.91 Å². The van der Waals surface area contributed by atoms with Gasteiger partial charge in [0, 0.05) is 28.9 Å². The second kappa shape index (κ2) is 5.29. The highest BCUT2D eigenvalue weighted by molar-refractivity contribution is 9.10. The van der Waals surface area contributed by atoms with Crippen LogP contribution in [0.5, 0.6) is 5.75 Å². The summed E-state index contributed by atoms with van der Waals surface area (Å²) in [5.74, 6) is 0.00399. The Morgan fingerprint density at radius 1 is 1.61 bits per heavy atom. The van der Waals surface area contributed by atoms with Gasteiger partial charge >= 0.3 is 0 Å². The molecule has 1 aromatic carbocycles. The Morgan fingerprint density at radius 2 is 2.39 bits per heavy atom. The van der Waals surface area contributed by atoms with E-state index in [4.69, 9.17) is 5.53 Å². The van der Waals surface area contributed by atoms with Gasteiger partial charge in [-0.25, -0.2) is 0 Å². The van der Waals surface area contributed by atoms with Crippen molar-refractivity contribution in [2.24, 2.45) is 11.0 Å². The molecule has 1 saturated heterocycles. The van der Waals surface area contributed by atoms with E-state index in [1.807, 2.05) is 0 Å². The maximum absolute atomic E-state index is 11.9. The molecule has 0 spiro atoms. The molecule has 1 aliphatic rings. The van der Waals surface area contributed by atoms with Crippen molar-refractivity contribution in [2.75, 3.05) is 18.0 Å². The van der Waals surface area contributed by atoms with Crippen LogP contribution in [0, 0.1) is 5.92 Å². The average molecular weight is 311 g/mol. The van der Waals surface area contributed by atoms with Gasteiger partial charge in [0.05, 0.1) is 5.69 Å². The first-order chi connectivity index (χ1) is 8.61. The molecule has 1 heterocycles. The van der Waals surface area contributed by atoms with E-state index in [-0.39, 0.29) is 17.6 Å². The van der Waals surface area contributed by atoms with Crippen LogP contribution in [0.25, 0.3) is 10.4 Å². The summed E-state index contributed by atoms with van der Waals surface area (Å²) in [6.45, 7) is 0.759. The smallest absolute Gasteiger partial charge is 0.227 e. The van der Waals surface area contributed by atoms with Gasteiger partial charge in [-0.15, -0.1) is 0 Å². The Balaban J connectivity index is 2.21. The van der Waals surface area contributed by atoms with Gasteiger partial charge in [-0.05, 0) is 29.6 Å². The molecule has 0 aromatic heterocycles. The molecular formula is C11H11BrN4O2. The van der Waals surface area contributed by atoms with Crippen molar-refractivity contribution in [1.29, 1.82) is 0 Å². The monoisotopic (exact) mass is 310 g/mol. The Bertz CT molecular complexity index is 528. The second-order valence-corrected chi connectivity index (χ2v) is 5.04. The lowest BCUT2D eigenvalue weighted by Gasteiger charge is -2.18. The topological polar surface area (TPSA) is 89.3 Å². The standard InChI is InChI=1S/C11H11BrN4O2/c12-8-1-2-10(17)9(4-8)16-6-7(3-11(16)18)5-14-15-13/h1-2,4,7,17H,3,5-6H2. The lowest BCUT2D eigenvalue weighted by Crippen LogP contribution is -2.24. The fourth-order valence-corrected chi connectivity index (χ4v) is 2.35. The van der Waals surface area contributed by atoms with Crippen LogP contribution in [0.2, 0.25) is 0 Å². The molecule has 1 fully saturated rings. The number of phenolic OH excluding ortho intramolecular Hbond substituents is 1. The largest absolute Gasteiger partial charge is 0.506 e. The molecular weight excluding hydrogens is 300 g/mol. The molecule has 1 aromatic rings. The zero-order valence-electron chi connectivity index (χ0n) is 9.45. The number of halogens is 1. The molecule has 0 radical (unpaired) electrons. The third kappa shape index (κ3) is 2.57. The van der Waals surface area contributed by atoms with Gasteiger partial charge in [0.15, 0.2) is 0 Å². The van der Waals surface area contributed by atoms with Crippen LogP contribution in [0.15, 0.2) is 27.8 Å². The molecule has 0 saturated carbocycles. The number of hydrogen-bond acceptors (Lipinski definition) is 3. The molecule has 0 bridgehead atoms. The molecule has 1 atom stereocenters. The highest BCUT2D eigenvalue weighted by Crippen LogP contribution is 2.34. The van der Waals surface area contributed by atoms with E-state index in [0.717, 1.165) is 4.47 Å². The van der Waals surface area contributed by atoms with E-state index in [1.54, 1.807) is 12.1 Å². The predicted octanol–water partition coefficient (Wildman–Crippen LogP) is 2.82. The summed E-state index contributed by atoms with van der Waals surface area (Å²) in [5, 5.41) is 13.3. The van der Waals surface area contributed by atoms with E-state index >= 15 is 0 Å². The van der Waals surface area contributed by atoms with Crippen molar-refractivity contribution in [3.63, 3.8) is 0 Å². The van der Waals surface area contributed by atoms with Crippen molar-refractivity contribution in [3.8, 4) is 5.75 Å². The summed E-state index contributed by atoms with van der Waals surface area (Å²) in [6.07, 6.45) is 0.338. The van der Waals surface area contributed by atoms with Crippen molar-refractivity contribution < 1.29 is 9.90 Å². The number of nitrogens with zero attached hydrogens (tertiary/aromatic N) is 4. The first kappa shape index (κ1) is 12.7. The maximum Gasteiger partial charge on any atom is 0.227 e. The summed E-state index contributed by atoms with van der Waals surface area (Å²) < 4.78 is 0.793. The lowest BCUT2D eigenvalue weighted by molar-refractivity contribution is -0.117. The van der Waals surface area contributed by atoms with Crippen LogP contribution < -0.4 is 4.90 Å². The Hall–Kier alpha value is -1.72. The van der Waals surface area contributed by atoms with Crippen LogP contribution in [0.1, 0.15) is 6.42 Å². The van der Waals surface area contributed by atoms with E-state index in [9.17, 15) is 9.90 Å². The molecule has 6 nitrogen and oxygen atoms in total. The zero-order chi connectivity index (χ0) is 13.1. The van der Waals surface area contributed by atoms with Crippen LogP contribution >= 0.6 is 15.9 Å². The van der Waals surface area contributed by atoms with Gasteiger partial charge < -0.3 is 10.0 Å². The summed E-state index contributed by atoms with van der Waals surface area (Å²) in [6, 6.07) is 4.94. The number of hydrogen-bond donors (Lipinski definition) is 1. The molecule has 1 aliphatic heterocycles. The quantitative estimate of drug-likeness (QED) is 0.528. The van der Waals surface area contributed by atoms with Gasteiger partial charge in [-0.2, -0.15) is 0 Å². The van der Waals surface area contributed by atoms with Crippen molar-refractivity contribution >= 4 is 27.5 Å². The molecule has 1 N–H and O–H groups in total. The summed E-state index contributed by atoms with van der Waals surface area (Å²) >= 11 is 3.30. The summed E-state index contributed by atoms with van der Waals surface area (Å²) in [5.41, 5.74) is 8.75. The van der Waals surface area contributed by atoms with Gasteiger partial charge in [0.1, 0.15) is 5.75 Å². The van der Waals surface area contributed by atoms with Crippen molar-refractivity contribution in [3.05, 3.63) is 33.1 Å². The number of benzene rings is 1. The maximum atomic E-state index is 11.9. The molecule has 7 heteroatoms. The van der Waals surface area contributed by atoms with E-state index in [2.05, 4.69) is 26.0 Å². The van der Waals surface area contributed by atoms with Gasteiger partial charge in [-0.3, -0.25) is 4.79 Å². The SMILES string of the molecule is [N-]=[N+]=NCC1CC(=O)N(c2cc(Br)ccc2O)C1. The fraction of sp³-hybridized carbons (Fsp3) is 0.364. The van der Waals surface area contributed by atoms with Gasteiger partial charge in [0.25, 0.3) is 0 Å². The van der Waals surface area contributed by atoms with Crippen molar-refractivity contribution in [2.45, 2.75) is 6.42 Å². The molecule has 94 valence electrons. The summed E-state index contributed by atoms with van der Waals surface area (Å²) in [7, 11) is 0. The Morgan fingerprint density at radius 3 is 3.11 bits per heavy atom. The third-order valence-corrected chi connectivity index (χ3v) is 3.33. The minimum absolute atomic E-state index is 0.00628. The lowest BCUT2D eigenvalue weighted by atomic mass is 10.1. The second-order valence-electron chi connectivity index (χ2n) is 4.12. The van der Waals surface area contributed by atoms with Crippen molar-refractivity contribution in [1.82, 2.24) is 0 Å². The zero-order valence-corrected chi connectivity index (χ0v) is 11.0.